The molecule has 0 aromatic heterocycles. The zero-order chi connectivity index (χ0) is 15.6. The van der Waals surface area contributed by atoms with Crippen molar-refractivity contribution in [1.82, 2.24) is 9.80 Å². The van der Waals surface area contributed by atoms with Crippen LogP contribution in [0.4, 0.5) is 4.39 Å². The van der Waals surface area contributed by atoms with Crippen LogP contribution >= 0.6 is 0 Å². The van der Waals surface area contributed by atoms with Gasteiger partial charge >= 0.3 is 7.12 Å². The summed E-state index contributed by atoms with van der Waals surface area (Å²) in [6.45, 7) is 11.1. The van der Waals surface area contributed by atoms with Crippen LogP contribution in [0, 0.1) is 5.82 Å². The first-order valence-electron chi connectivity index (χ1n) is 7.39. The van der Waals surface area contributed by atoms with Crippen molar-refractivity contribution in [3.63, 3.8) is 0 Å². The molecule has 0 saturated carbocycles. The number of piperazine rings is 1. The average molecular weight is 294 g/mol. The van der Waals surface area contributed by atoms with Crippen LogP contribution in [0.25, 0.3) is 0 Å². The number of nitrogens with zero attached hydrogens (tertiary/aromatic N) is 2. The molecule has 1 aliphatic heterocycles. The molecule has 4 nitrogen and oxygen atoms in total. The van der Waals surface area contributed by atoms with Gasteiger partial charge in [-0.1, -0.05) is 6.07 Å². The molecule has 1 aromatic carbocycles. The van der Waals surface area contributed by atoms with E-state index < -0.39 is 12.9 Å². The smallest absolute Gasteiger partial charge is 0.423 e. The number of hydrogen-bond acceptors (Lipinski definition) is 4. The summed E-state index contributed by atoms with van der Waals surface area (Å²) < 4.78 is 13.2. The van der Waals surface area contributed by atoms with Crippen LogP contribution in [0.5, 0.6) is 0 Å². The van der Waals surface area contributed by atoms with E-state index in [1.807, 2.05) is 0 Å². The molecular weight excluding hydrogens is 270 g/mol. The summed E-state index contributed by atoms with van der Waals surface area (Å²) in [5.74, 6) is -0.445. The molecule has 116 valence electrons. The topological polar surface area (TPSA) is 46.9 Å². The van der Waals surface area contributed by atoms with Gasteiger partial charge in [0.15, 0.2) is 0 Å². The van der Waals surface area contributed by atoms with Crippen LogP contribution in [0.1, 0.15) is 26.3 Å². The van der Waals surface area contributed by atoms with Crippen molar-refractivity contribution < 1.29 is 14.4 Å². The third-order valence-corrected chi connectivity index (χ3v) is 4.10. The van der Waals surface area contributed by atoms with Crippen molar-refractivity contribution in [3.8, 4) is 0 Å². The Kier molecular flexibility index (Phi) is 5.04. The largest absolute Gasteiger partial charge is 0.488 e. The lowest BCUT2D eigenvalue weighted by Gasteiger charge is -2.42. The van der Waals surface area contributed by atoms with Crippen molar-refractivity contribution in [1.29, 1.82) is 0 Å². The Bertz CT molecular complexity index is 483. The highest BCUT2D eigenvalue weighted by Gasteiger charge is 2.26. The third kappa shape index (κ3) is 4.26. The van der Waals surface area contributed by atoms with Crippen LogP contribution in [0.3, 0.4) is 0 Å². The maximum Gasteiger partial charge on any atom is 0.488 e. The van der Waals surface area contributed by atoms with Gasteiger partial charge in [-0.2, -0.15) is 0 Å². The molecule has 1 aromatic rings. The van der Waals surface area contributed by atoms with Crippen LogP contribution in [0.15, 0.2) is 18.2 Å². The van der Waals surface area contributed by atoms with Gasteiger partial charge in [0.2, 0.25) is 0 Å². The Morgan fingerprint density at radius 3 is 2.29 bits per heavy atom. The molecule has 1 saturated heterocycles. The van der Waals surface area contributed by atoms with Crippen LogP contribution in [-0.2, 0) is 6.54 Å². The molecule has 1 aliphatic rings. The highest BCUT2D eigenvalue weighted by atomic mass is 19.1. The molecule has 0 radical (unpaired) electrons. The van der Waals surface area contributed by atoms with E-state index in [1.165, 1.54) is 12.1 Å². The molecule has 6 heteroatoms. The highest BCUT2D eigenvalue weighted by Crippen LogP contribution is 2.17. The molecule has 0 atom stereocenters. The normalized spacial score (nSPS) is 18.0. The van der Waals surface area contributed by atoms with Crippen LogP contribution in [-0.4, -0.2) is 58.7 Å². The van der Waals surface area contributed by atoms with E-state index in [0.29, 0.717) is 6.54 Å². The highest BCUT2D eigenvalue weighted by molar-refractivity contribution is 6.59. The Morgan fingerprint density at radius 2 is 1.76 bits per heavy atom. The summed E-state index contributed by atoms with van der Waals surface area (Å²) in [4.78, 5) is 4.71. The maximum atomic E-state index is 13.2. The lowest BCUT2D eigenvalue weighted by atomic mass is 9.77. The third-order valence-electron chi connectivity index (χ3n) is 4.10. The molecule has 0 unspecified atom stereocenters. The predicted molar refractivity (Wildman–Crippen MR) is 82.8 cm³/mol. The number of halogens is 1. The molecule has 0 bridgehead atoms. The molecule has 1 heterocycles. The quantitative estimate of drug-likeness (QED) is 0.793. The van der Waals surface area contributed by atoms with E-state index >= 15 is 0 Å². The fourth-order valence-electron chi connectivity index (χ4n) is 2.77. The van der Waals surface area contributed by atoms with Gasteiger partial charge in [0.25, 0.3) is 0 Å². The first kappa shape index (κ1) is 16.4. The lowest BCUT2D eigenvalue weighted by molar-refractivity contribution is 0.0592. The molecule has 2 rings (SSSR count). The van der Waals surface area contributed by atoms with Crippen LogP contribution in [0.2, 0.25) is 0 Å². The molecule has 0 amide bonds. The minimum atomic E-state index is -1.63. The van der Waals surface area contributed by atoms with Gasteiger partial charge in [-0.05, 0) is 43.9 Å². The zero-order valence-electron chi connectivity index (χ0n) is 13.0. The Morgan fingerprint density at radius 1 is 1.14 bits per heavy atom. The van der Waals surface area contributed by atoms with Gasteiger partial charge in [0, 0.05) is 38.3 Å². The molecular formula is C15H24BFN2O2. The SMILES string of the molecule is CC(C)(C)N1CCN(Cc2ccc(F)cc2B(O)O)CC1. The van der Waals surface area contributed by atoms with Gasteiger partial charge in [0.05, 0.1) is 0 Å². The van der Waals surface area contributed by atoms with E-state index in [0.717, 1.165) is 31.7 Å². The van der Waals surface area contributed by atoms with E-state index in [4.69, 9.17) is 0 Å². The molecule has 0 aliphatic carbocycles. The minimum absolute atomic E-state index is 0.175. The number of hydrogen-bond donors (Lipinski definition) is 2. The van der Waals surface area contributed by atoms with Gasteiger partial charge < -0.3 is 10.0 Å². The number of benzene rings is 1. The van der Waals surface area contributed by atoms with Gasteiger partial charge in [-0.15, -0.1) is 0 Å². The first-order valence-corrected chi connectivity index (χ1v) is 7.39. The van der Waals surface area contributed by atoms with Crippen molar-refractivity contribution in [2.24, 2.45) is 0 Å². The zero-order valence-corrected chi connectivity index (χ0v) is 13.0. The van der Waals surface area contributed by atoms with E-state index in [-0.39, 0.29) is 11.0 Å². The second-order valence-electron chi connectivity index (χ2n) is 6.65. The second kappa shape index (κ2) is 6.44. The fraction of sp³-hybridized carbons (Fsp3) is 0.600. The van der Waals surface area contributed by atoms with E-state index in [2.05, 4.69) is 30.6 Å². The van der Waals surface area contributed by atoms with Gasteiger partial charge in [-0.3, -0.25) is 9.80 Å². The molecule has 0 spiro atoms. The van der Waals surface area contributed by atoms with E-state index in [9.17, 15) is 14.4 Å². The maximum absolute atomic E-state index is 13.2. The standard InChI is InChI=1S/C15H24BFN2O2/c1-15(2,3)19-8-6-18(7-9-19)11-12-4-5-13(17)10-14(12)16(20)21/h4-5,10,20-21H,6-9,11H2,1-3H3. The Balaban J connectivity index is 2.01. The molecule has 2 N–H and O–H groups in total. The van der Waals surface area contributed by atoms with Crippen molar-refractivity contribution >= 4 is 12.6 Å². The summed E-state index contributed by atoms with van der Waals surface area (Å²) >= 11 is 0. The lowest BCUT2D eigenvalue weighted by Crippen LogP contribution is -2.53. The van der Waals surface area contributed by atoms with Crippen molar-refractivity contribution in [3.05, 3.63) is 29.6 Å². The number of rotatable bonds is 3. The monoisotopic (exact) mass is 294 g/mol. The summed E-state index contributed by atoms with van der Waals surface area (Å²) in [6, 6.07) is 4.21. The summed E-state index contributed by atoms with van der Waals surface area (Å²) in [6.07, 6.45) is 0. The van der Waals surface area contributed by atoms with Crippen LogP contribution < -0.4 is 5.46 Å². The first-order chi connectivity index (χ1) is 9.77. The molecule has 1 fully saturated rings. The fourth-order valence-corrected chi connectivity index (χ4v) is 2.77. The Labute approximate surface area is 126 Å². The van der Waals surface area contributed by atoms with Crippen molar-refractivity contribution in [2.45, 2.75) is 32.9 Å². The van der Waals surface area contributed by atoms with Gasteiger partial charge in [0.1, 0.15) is 5.82 Å². The van der Waals surface area contributed by atoms with Gasteiger partial charge in [-0.25, -0.2) is 4.39 Å². The predicted octanol–water partition coefficient (Wildman–Crippen LogP) is 0.422. The van der Waals surface area contributed by atoms with Crippen molar-refractivity contribution in [2.75, 3.05) is 26.2 Å². The molecule has 21 heavy (non-hydrogen) atoms. The Hall–Kier alpha value is -0.945. The summed E-state index contributed by atoms with van der Waals surface area (Å²) in [5, 5.41) is 18.7. The summed E-state index contributed by atoms with van der Waals surface area (Å²) in [5.41, 5.74) is 1.21. The average Bonchev–Trinajstić information content (AvgIpc) is 2.40. The minimum Gasteiger partial charge on any atom is -0.423 e. The second-order valence-corrected chi connectivity index (χ2v) is 6.65. The summed E-state index contributed by atoms with van der Waals surface area (Å²) in [7, 11) is -1.63. The van der Waals surface area contributed by atoms with E-state index in [1.54, 1.807) is 6.07 Å².